The van der Waals surface area contributed by atoms with Gasteiger partial charge in [-0.3, -0.25) is 4.79 Å². The number of anilines is 1. The Morgan fingerprint density at radius 1 is 1.39 bits per heavy atom. The van der Waals surface area contributed by atoms with Gasteiger partial charge >= 0.3 is 0 Å². The summed E-state index contributed by atoms with van der Waals surface area (Å²) >= 11 is 0. The van der Waals surface area contributed by atoms with E-state index < -0.39 is 21.5 Å². The standard InChI is InChI=1S/C12H18N2O3S/c1-8(2)14-12(15)7-18(16,17)11-6-9(3)4-5-10(11)13/h4-6,8H,7,13H2,1-3H3,(H,14,15). The van der Waals surface area contributed by atoms with Gasteiger partial charge in [-0.05, 0) is 38.5 Å². The average Bonchev–Trinajstić information content (AvgIpc) is 2.19. The Hall–Kier alpha value is -1.56. The number of rotatable bonds is 4. The van der Waals surface area contributed by atoms with Crippen molar-refractivity contribution in [3.8, 4) is 0 Å². The largest absolute Gasteiger partial charge is 0.398 e. The minimum absolute atomic E-state index is 0.0152. The molecule has 0 radical (unpaired) electrons. The van der Waals surface area contributed by atoms with Crippen molar-refractivity contribution < 1.29 is 13.2 Å². The molecule has 0 atom stereocenters. The van der Waals surface area contributed by atoms with Gasteiger partial charge in [-0.1, -0.05) is 6.07 Å². The highest BCUT2D eigenvalue weighted by Crippen LogP contribution is 2.20. The summed E-state index contributed by atoms with van der Waals surface area (Å²) in [7, 11) is -3.70. The third kappa shape index (κ3) is 3.73. The van der Waals surface area contributed by atoms with E-state index in [2.05, 4.69) is 5.32 Å². The van der Waals surface area contributed by atoms with Crippen LogP contribution < -0.4 is 11.1 Å². The minimum atomic E-state index is -3.70. The van der Waals surface area contributed by atoms with Crippen LogP contribution in [0.1, 0.15) is 19.4 Å². The Morgan fingerprint density at radius 3 is 2.56 bits per heavy atom. The van der Waals surface area contributed by atoms with Crippen LogP contribution in [0.25, 0.3) is 0 Å². The predicted octanol–water partition coefficient (Wildman–Crippen LogP) is 0.876. The van der Waals surface area contributed by atoms with E-state index in [-0.39, 0.29) is 16.6 Å². The highest BCUT2D eigenvalue weighted by atomic mass is 32.2. The topological polar surface area (TPSA) is 89.3 Å². The highest BCUT2D eigenvalue weighted by Gasteiger charge is 2.22. The van der Waals surface area contributed by atoms with E-state index in [1.54, 1.807) is 26.8 Å². The number of nitrogens with two attached hydrogens (primary N) is 1. The van der Waals surface area contributed by atoms with Crippen molar-refractivity contribution in [1.82, 2.24) is 5.32 Å². The van der Waals surface area contributed by atoms with Crippen LogP contribution in [-0.4, -0.2) is 26.1 Å². The number of carbonyl (C=O) groups excluding carboxylic acids is 1. The van der Waals surface area contributed by atoms with E-state index in [4.69, 9.17) is 5.73 Å². The van der Waals surface area contributed by atoms with Gasteiger partial charge in [0, 0.05) is 6.04 Å². The quantitative estimate of drug-likeness (QED) is 0.795. The maximum Gasteiger partial charge on any atom is 0.235 e. The third-order valence-electron chi connectivity index (χ3n) is 2.27. The number of benzene rings is 1. The zero-order valence-electron chi connectivity index (χ0n) is 10.7. The van der Waals surface area contributed by atoms with Gasteiger partial charge in [-0.15, -0.1) is 0 Å². The molecule has 0 spiro atoms. The molecule has 0 aliphatic carbocycles. The summed E-state index contributed by atoms with van der Waals surface area (Å²) in [4.78, 5) is 11.5. The first-order chi connectivity index (χ1) is 8.22. The van der Waals surface area contributed by atoms with Gasteiger partial charge in [0.2, 0.25) is 5.91 Å². The zero-order chi connectivity index (χ0) is 13.9. The predicted molar refractivity (Wildman–Crippen MR) is 70.9 cm³/mol. The number of amides is 1. The van der Waals surface area contributed by atoms with Gasteiger partial charge in [0.1, 0.15) is 5.75 Å². The number of nitrogens with one attached hydrogen (secondary N) is 1. The molecule has 100 valence electrons. The molecule has 5 nitrogen and oxygen atoms in total. The molecule has 0 aliphatic heterocycles. The van der Waals surface area contributed by atoms with E-state index >= 15 is 0 Å². The zero-order valence-corrected chi connectivity index (χ0v) is 11.5. The second-order valence-corrected chi connectivity index (χ2v) is 6.48. The summed E-state index contributed by atoms with van der Waals surface area (Å²) in [6.07, 6.45) is 0. The Kier molecular flexibility index (Phi) is 4.34. The molecule has 1 rings (SSSR count). The molecule has 0 saturated carbocycles. The molecular formula is C12H18N2O3S. The molecule has 0 heterocycles. The van der Waals surface area contributed by atoms with Crippen LogP contribution in [0.3, 0.4) is 0 Å². The number of aryl methyl sites for hydroxylation is 1. The fourth-order valence-electron chi connectivity index (χ4n) is 1.52. The highest BCUT2D eigenvalue weighted by molar-refractivity contribution is 7.92. The summed E-state index contributed by atoms with van der Waals surface area (Å²) in [5.41, 5.74) is 6.59. The van der Waals surface area contributed by atoms with Crippen LogP contribution >= 0.6 is 0 Å². The molecule has 3 N–H and O–H groups in total. The summed E-state index contributed by atoms with van der Waals surface area (Å²) in [5, 5.41) is 2.54. The lowest BCUT2D eigenvalue weighted by Crippen LogP contribution is -2.35. The third-order valence-corrected chi connectivity index (χ3v) is 3.94. The average molecular weight is 270 g/mol. The number of nitrogen functional groups attached to an aromatic ring is 1. The molecule has 0 aromatic heterocycles. The molecule has 1 aromatic carbocycles. The van der Waals surface area contributed by atoms with Crippen molar-refractivity contribution in [2.24, 2.45) is 0 Å². The summed E-state index contributed by atoms with van der Waals surface area (Å²) < 4.78 is 24.1. The molecular weight excluding hydrogens is 252 g/mol. The minimum Gasteiger partial charge on any atom is -0.398 e. The smallest absolute Gasteiger partial charge is 0.235 e. The Bertz CT molecular complexity index is 550. The van der Waals surface area contributed by atoms with Crippen LogP contribution in [0.15, 0.2) is 23.1 Å². The Morgan fingerprint density at radius 2 is 2.00 bits per heavy atom. The van der Waals surface area contributed by atoms with Crippen molar-refractivity contribution >= 4 is 21.4 Å². The van der Waals surface area contributed by atoms with E-state index in [1.165, 1.54) is 12.1 Å². The van der Waals surface area contributed by atoms with Crippen molar-refractivity contribution in [2.45, 2.75) is 31.7 Å². The van der Waals surface area contributed by atoms with Gasteiger partial charge < -0.3 is 11.1 Å². The van der Waals surface area contributed by atoms with Gasteiger partial charge in [0.15, 0.2) is 9.84 Å². The van der Waals surface area contributed by atoms with Crippen molar-refractivity contribution in [1.29, 1.82) is 0 Å². The van der Waals surface area contributed by atoms with Crippen LogP contribution in [0.5, 0.6) is 0 Å². The second kappa shape index (κ2) is 5.39. The van der Waals surface area contributed by atoms with Gasteiger partial charge in [0.25, 0.3) is 0 Å². The molecule has 0 saturated heterocycles. The summed E-state index contributed by atoms with van der Waals surface area (Å²) in [5.74, 6) is -1.11. The lowest BCUT2D eigenvalue weighted by Gasteiger charge is -2.10. The molecule has 0 aliphatic rings. The van der Waals surface area contributed by atoms with E-state index in [0.717, 1.165) is 5.56 Å². The van der Waals surface area contributed by atoms with Crippen molar-refractivity contribution in [3.63, 3.8) is 0 Å². The van der Waals surface area contributed by atoms with E-state index in [0.29, 0.717) is 0 Å². The van der Waals surface area contributed by atoms with E-state index in [9.17, 15) is 13.2 Å². The lowest BCUT2D eigenvalue weighted by atomic mass is 10.2. The molecule has 6 heteroatoms. The normalized spacial score (nSPS) is 11.6. The first-order valence-electron chi connectivity index (χ1n) is 5.60. The maximum absolute atomic E-state index is 12.1. The Balaban J connectivity index is 3.00. The molecule has 1 aromatic rings. The number of hydrogen-bond donors (Lipinski definition) is 2. The van der Waals surface area contributed by atoms with Crippen LogP contribution in [0, 0.1) is 6.92 Å². The molecule has 1 amide bonds. The summed E-state index contributed by atoms with van der Waals surface area (Å²) in [6.45, 7) is 5.31. The fraction of sp³-hybridized carbons (Fsp3) is 0.417. The van der Waals surface area contributed by atoms with E-state index in [1.807, 2.05) is 0 Å². The second-order valence-electron chi connectivity index (χ2n) is 4.52. The first kappa shape index (κ1) is 14.5. The molecule has 0 bridgehead atoms. The number of carbonyl (C=O) groups is 1. The fourth-order valence-corrected chi connectivity index (χ4v) is 2.90. The van der Waals surface area contributed by atoms with Gasteiger partial charge in [-0.2, -0.15) is 0 Å². The SMILES string of the molecule is Cc1ccc(N)c(S(=O)(=O)CC(=O)NC(C)C)c1. The number of hydrogen-bond acceptors (Lipinski definition) is 4. The molecule has 18 heavy (non-hydrogen) atoms. The van der Waals surface area contributed by atoms with Gasteiger partial charge in [-0.25, -0.2) is 8.42 Å². The van der Waals surface area contributed by atoms with Crippen molar-refractivity contribution in [3.05, 3.63) is 23.8 Å². The first-order valence-corrected chi connectivity index (χ1v) is 7.26. The molecule has 0 fully saturated rings. The van der Waals surface area contributed by atoms with Gasteiger partial charge in [0.05, 0.1) is 10.6 Å². The number of sulfone groups is 1. The van der Waals surface area contributed by atoms with Crippen LogP contribution in [0.2, 0.25) is 0 Å². The maximum atomic E-state index is 12.1. The van der Waals surface area contributed by atoms with Crippen LogP contribution in [0.4, 0.5) is 5.69 Å². The monoisotopic (exact) mass is 270 g/mol. The Labute approximate surface area is 107 Å². The summed E-state index contributed by atoms with van der Waals surface area (Å²) in [6, 6.07) is 4.64. The molecule has 0 unspecified atom stereocenters. The van der Waals surface area contributed by atoms with Crippen LogP contribution in [-0.2, 0) is 14.6 Å². The van der Waals surface area contributed by atoms with Crippen molar-refractivity contribution in [2.75, 3.05) is 11.5 Å². The lowest BCUT2D eigenvalue weighted by molar-refractivity contribution is -0.119.